The summed E-state index contributed by atoms with van der Waals surface area (Å²) in [7, 11) is 1.71. The molecule has 3 fully saturated rings. The number of carbonyl (C=O) groups excluding carboxylic acids is 3. The van der Waals surface area contributed by atoms with Crippen molar-refractivity contribution >= 4 is 57.0 Å². The summed E-state index contributed by atoms with van der Waals surface area (Å²) in [6.45, 7) is 4.17. The fourth-order valence-electron chi connectivity index (χ4n) is 8.49. The number of para-hydroxylation sites is 1. The van der Waals surface area contributed by atoms with E-state index in [9.17, 15) is 42.3 Å². The lowest BCUT2D eigenvalue weighted by Crippen LogP contribution is -2.48. The monoisotopic (exact) mass is 787 g/mol. The average molecular weight is 788 g/mol. The minimum Gasteiger partial charge on any atom is -0.478 e. The molecule has 3 N–H and O–H groups in total. The van der Waals surface area contributed by atoms with E-state index in [2.05, 4.69) is 30.5 Å². The minimum atomic E-state index is -4.75. The molecule has 2 aliphatic heterocycles. The Labute approximate surface area is 323 Å². The Morgan fingerprint density at radius 3 is 2.40 bits per heavy atom. The molecule has 5 heterocycles. The Morgan fingerprint density at radius 2 is 1.70 bits per heavy atom. The number of amides is 3. The standard InChI is InChI=1S/C39H40F3N9O6/c1-47-34-29(5-3-6-30(34)51(38(47)57)31-12-13-33(52)45-36(31)54)49-16-14-48(15-17-49)20-22-8-10-24(11-9-22)50-21-23-18-28(25(37(55)56)19-27(23)46-50)44-35(53)26-4-2-7-32(43-26)39(40,41)42/h2-7,18-19,21-22,24,31H,8-17,20H2,1H3,(H,44,53)(H,55,56)(H,45,52,54). The number of aromatic nitrogens is 5. The van der Waals surface area contributed by atoms with Gasteiger partial charge in [-0.2, -0.15) is 18.3 Å². The number of hydrogen-bond donors (Lipinski definition) is 3. The van der Waals surface area contributed by atoms with E-state index in [4.69, 9.17) is 0 Å². The average Bonchev–Trinajstić information content (AvgIpc) is 3.72. The number of imidazole rings is 1. The molecule has 1 saturated carbocycles. The lowest BCUT2D eigenvalue weighted by molar-refractivity contribution is -0.141. The van der Waals surface area contributed by atoms with Crippen molar-refractivity contribution in [2.24, 2.45) is 13.0 Å². The van der Waals surface area contributed by atoms with Gasteiger partial charge in [0.25, 0.3) is 5.91 Å². The zero-order chi connectivity index (χ0) is 40.2. The molecule has 1 aliphatic carbocycles. The van der Waals surface area contributed by atoms with Crippen molar-refractivity contribution in [2.45, 2.75) is 56.8 Å². The summed E-state index contributed by atoms with van der Waals surface area (Å²) in [6, 6.07) is 10.8. The molecule has 5 aromatic rings. The smallest absolute Gasteiger partial charge is 0.433 e. The second-order valence-corrected chi connectivity index (χ2v) is 15.0. The van der Waals surface area contributed by atoms with Gasteiger partial charge in [0, 0.05) is 57.8 Å². The SMILES string of the molecule is Cn1c(=O)n(C2CCC(=O)NC2=O)c2cccc(N3CCN(CC4CCC(n5cc6cc(NC(=O)c7cccc(C(F)(F)F)n7)c(C(=O)O)cc6n5)CC4)CC3)c21. The van der Waals surface area contributed by atoms with Gasteiger partial charge in [-0.1, -0.05) is 12.1 Å². The quantitative estimate of drug-likeness (QED) is 0.189. The molecule has 3 aliphatic rings. The second kappa shape index (κ2) is 14.8. The number of anilines is 2. The Balaban J connectivity index is 0.888. The molecule has 2 aromatic carbocycles. The highest BCUT2D eigenvalue weighted by molar-refractivity contribution is 6.09. The van der Waals surface area contributed by atoms with Crippen LogP contribution in [-0.2, 0) is 22.8 Å². The molecular weight excluding hydrogens is 747 g/mol. The number of carbonyl (C=O) groups is 4. The zero-order valence-electron chi connectivity index (χ0n) is 31.0. The summed E-state index contributed by atoms with van der Waals surface area (Å²) in [6.07, 6.45) is 1.20. The number of carboxylic acids is 1. The van der Waals surface area contributed by atoms with Crippen molar-refractivity contribution < 1.29 is 37.5 Å². The van der Waals surface area contributed by atoms with E-state index in [0.29, 0.717) is 22.3 Å². The van der Waals surface area contributed by atoms with Crippen LogP contribution in [0.1, 0.15) is 77.1 Å². The number of halogens is 3. The van der Waals surface area contributed by atoms with Crippen molar-refractivity contribution in [2.75, 3.05) is 42.9 Å². The van der Waals surface area contributed by atoms with E-state index >= 15 is 0 Å². The van der Waals surface area contributed by atoms with Gasteiger partial charge >= 0.3 is 17.8 Å². The van der Waals surface area contributed by atoms with Gasteiger partial charge in [0.05, 0.1) is 39.5 Å². The fraction of sp³-hybridized carbons (Fsp3) is 0.410. The largest absolute Gasteiger partial charge is 0.478 e. The molecule has 0 bridgehead atoms. The van der Waals surface area contributed by atoms with Crippen molar-refractivity contribution in [1.29, 1.82) is 0 Å². The van der Waals surface area contributed by atoms with Gasteiger partial charge in [-0.15, -0.1) is 0 Å². The maximum atomic E-state index is 13.4. The van der Waals surface area contributed by atoms with Gasteiger partial charge in [0.2, 0.25) is 11.8 Å². The summed E-state index contributed by atoms with van der Waals surface area (Å²) in [4.78, 5) is 71.0. The molecule has 3 amide bonds. The third-order valence-corrected chi connectivity index (χ3v) is 11.4. The van der Waals surface area contributed by atoms with Crippen LogP contribution in [0.25, 0.3) is 21.9 Å². The van der Waals surface area contributed by atoms with E-state index in [1.807, 2.05) is 22.9 Å². The van der Waals surface area contributed by atoms with Crippen molar-refractivity contribution in [3.63, 3.8) is 0 Å². The number of aromatic carboxylic acids is 1. The predicted molar refractivity (Wildman–Crippen MR) is 202 cm³/mol. The number of aryl methyl sites for hydroxylation is 1. The van der Waals surface area contributed by atoms with Crippen LogP contribution in [0.3, 0.4) is 0 Å². The molecular formula is C39H40F3N9O6. The van der Waals surface area contributed by atoms with E-state index in [1.54, 1.807) is 17.8 Å². The molecule has 298 valence electrons. The molecule has 57 heavy (non-hydrogen) atoms. The third kappa shape index (κ3) is 7.36. The highest BCUT2D eigenvalue weighted by Gasteiger charge is 2.34. The number of imide groups is 1. The summed E-state index contributed by atoms with van der Waals surface area (Å²) < 4.78 is 44.4. The number of benzene rings is 2. The van der Waals surface area contributed by atoms with E-state index < -0.39 is 41.4 Å². The number of piperazine rings is 1. The van der Waals surface area contributed by atoms with Gasteiger partial charge in [-0.25, -0.2) is 14.6 Å². The van der Waals surface area contributed by atoms with Gasteiger partial charge in [0.15, 0.2) is 0 Å². The lowest BCUT2D eigenvalue weighted by atomic mass is 9.85. The molecule has 2 saturated heterocycles. The maximum Gasteiger partial charge on any atom is 0.433 e. The van der Waals surface area contributed by atoms with Gasteiger partial charge in [-0.05, 0) is 74.4 Å². The number of alkyl halides is 3. The summed E-state index contributed by atoms with van der Waals surface area (Å²) >= 11 is 0. The first-order chi connectivity index (χ1) is 27.2. The molecule has 1 unspecified atom stereocenters. The van der Waals surface area contributed by atoms with Crippen molar-refractivity contribution in [3.8, 4) is 0 Å². The number of hydrogen-bond acceptors (Lipinski definition) is 9. The Morgan fingerprint density at radius 1 is 0.965 bits per heavy atom. The number of carboxylic acid groups (broad SMARTS) is 1. The zero-order valence-corrected chi connectivity index (χ0v) is 31.0. The number of nitrogens with zero attached hydrogens (tertiary/aromatic N) is 7. The van der Waals surface area contributed by atoms with Gasteiger partial charge < -0.3 is 15.3 Å². The van der Waals surface area contributed by atoms with Crippen LogP contribution in [0.2, 0.25) is 0 Å². The molecule has 0 spiro atoms. The first-order valence-electron chi connectivity index (χ1n) is 18.9. The number of rotatable bonds is 8. The third-order valence-electron chi connectivity index (χ3n) is 11.4. The molecule has 3 aromatic heterocycles. The number of fused-ring (bicyclic) bond motifs is 2. The minimum absolute atomic E-state index is 0.0751. The molecule has 15 nitrogen and oxygen atoms in total. The normalized spacial score (nSPS) is 20.9. The molecule has 1 atom stereocenters. The summed E-state index contributed by atoms with van der Waals surface area (Å²) in [5, 5.41) is 19.9. The molecule has 18 heteroatoms. The van der Waals surface area contributed by atoms with Crippen LogP contribution in [-0.4, -0.2) is 90.3 Å². The van der Waals surface area contributed by atoms with E-state index in [0.717, 1.165) is 87.8 Å². The van der Waals surface area contributed by atoms with Crippen LogP contribution in [0.15, 0.2) is 59.5 Å². The van der Waals surface area contributed by atoms with Gasteiger partial charge in [-0.3, -0.25) is 38.4 Å². The van der Waals surface area contributed by atoms with Crippen LogP contribution in [0.4, 0.5) is 24.5 Å². The Kier molecular flexibility index (Phi) is 9.83. The first kappa shape index (κ1) is 37.9. The predicted octanol–water partition coefficient (Wildman–Crippen LogP) is 4.59. The summed E-state index contributed by atoms with van der Waals surface area (Å²) in [5.74, 6) is -2.61. The van der Waals surface area contributed by atoms with Crippen LogP contribution >= 0.6 is 0 Å². The molecule has 0 radical (unpaired) electrons. The number of pyridine rings is 1. The van der Waals surface area contributed by atoms with Crippen LogP contribution < -0.4 is 21.2 Å². The summed E-state index contributed by atoms with van der Waals surface area (Å²) in [5.41, 5.74) is 0.436. The van der Waals surface area contributed by atoms with Crippen molar-refractivity contribution in [1.82, 2.24) is 34.1 Å². The van der Waals surface area contributed by atoms with Crippen LogP contribution in [0, 0.1) is 5.92 Å². The van der Waals surface area contributed by atoms with E-state index in [1.165, 1.54) is 16.7 Å². The number of piperidine rings is 1. The molecule has 8 rings (SSSR count). The van der Waals surface area contributed by atoms with Crippen LogP contribution in [0.5, 0.6) is 0 Å². The van der Waals surface area contributed by atoms with Gasteiger partial charge in [0.1, 0.15) is 17.4 Å². The van der Waals surface area contributed by atoms with E-state index in [-0.39, 0.29) is 41.7 Å². The Hall–Kier alpha value is -6.04. The number of nitrogens with one attached hydrogen (secondary N) is 2. The second-order valence-electron chi connectivity index (χ2n) is 15.0. The van der Waals surface area contributed by atoms with Crippen molar-refractivity contribution in [3.05, 3.63) is 82.2 Å². The topological polar surface area (TPSA) is 177 Å². The first-order valence-corrected chi connectivity index (χ1v) is 18.9. The highest BCUT2D eigenvalue weighted by Crippen LogP contribution is 2.35. The lowest BCUT2D eigenvalue weighted by Gasteiger charge is -2.39. The maximum absolute atomic E-state index is 13.4. The fourth-order valence-corrected chi connectivity index (χ4v) is 8.49. The Bertz CT molecular complexity index is 2470. The highest BCUT2D eigenvalue weighted by atomic mass is 19.4.